The molecule has 19 heavy (non-hydrogen) atoms. The summed E-state index contributed by atoms with van der Waals surface area (Å²) >= 11 is 3.40. The van der Waals surface area contributed by atoms with Crippen molar-refractivity contribution in [2.24, 2.45) is 5.92 Å². The molecule has 1 aromatic carbocycles. The highest BCUT2D eigenvalue weighted by molar-refractivity contribution is 9.10. The predicted octanol–water partition coefficient (Wildman–Crippen LogP) is 2.91. The Labute approximate surface area is 129 Å². The largest absolute Gasteiger partial charge is 0.352 e. The molecule has 2 N–H and O–H groups in total. The Morgan fingerprint density at radius 1 is 1.53 bits per heavy atom. The molecule has 1 fully saturated rings. The van der Waals surface area contributed by atoms with Crippen molar-refractivity contribution in [1.29, 1.82) is 0 Å². The van der Waals surface area contributed by atoms with Crippen LogP contribution in [0, 0.1) is 12.8 Å². The summed E-state index contributed by atoms with van der Waals surface area (Å²) in [4.78, 5) is 12.0. The van der Waals surface area contributed by atoms with Gasteiger partial charge in [0.15, 0.2) is 0 Å². The van der Waals surface area contributed by atoms with Gasteiger partial charge in [-0.3, -0.25) is 4.79 Å². The summed E-state index contributed by atoms with van der Waals surface area (Å²) in [5.41, 5.74) is 1.77. The van der Waals surface area contributed by atoms with Gasteiger partial charge in [0.2, 0.25) is 0 Å². The molecule has 1 atom stereocenters. The van der Waals surface area contributed by atoms with E-state index in [0.29, 0.717) is 5.92 Å². The van der Waals surface area contributed by atoms with Crippen molar-refractivity contribution < 1.29 is 4.79 Å². The molecule has 1 aliphatic rings. The van der Waals surface area contributed by atoms with E-state index in [4.69, 9.17) is 0 Å². The summed E-state index contributed by atoms with van der Waals surface area (Å²) in [6.45, 7) is 4.93. The monoisotopic (exact) mass is 346 g/mol. The van der Waals surface area contributed by atoms with Crippen molar-refractivity contribution in [3.63, 3.8) is 0 Å². The fraction of sp³-hybridized carbons (Fsp3) is 0.500. The maximum Gasteiger partial charge on any atom is 0.251 e. The lowest BCUT2D eigenvalue weighted by molar-refractivity contribution is 0.0951. The topological polar surface area (TPSA) is 41.1 Å². The van der Waals surface area contributed by atoms with Gasteiger partial charge in [-0.25, -0.2) is 0 Å². The number of rotatable bonds is 4. The molecule has 3 nitrogen and oxygen atoms in total. The summed E-state index contributed by atoms with van der Waals surface area (Å²) in [5, 5.41) is 6.35. The SMILES string of the molecule is Cc1ccc(Br)cc1C(=O)NCCC1CCNC1.Cl. The van der Waals surface area contributed by atoms with E-state index in [1.807, 2.05) is 25.1 Å². The number of carbonyl (C=O) groups is 1. The summed E-state index contributed by atoms with van der Waals surface area (Å²) in [6, 6.07) is 5.79. The van der Waals surface area contributed by atoms with E-state index in [1.165, 1.54) is 6.42 Å². The Morgan fingerprint density at radius 3 is 3.00 bits per heavy atom. The molecule has 0 radical (unpaired) electrons. The second-order valence-electron chi connectivity index (χ2n) is 4.86. The van der Waals surface area contributed by atoms with Gasteiger partial charge in [0.1, 0.15) is 0 Å². The number of benzene rings is 1. The molecule has 5 heteroatoms. The maximum atomic E-state index is 12.0. The lowest BCUT2D eigenvalue weighted by atomic mass is 10.0. The van der Waals surface area contributed by atoms with Crippen LogP contribution in [0.5, 0.6) is 0 Å². The number of nitrogens with one attached hydrogen (secondary N) is 2. The van der Waals surface area contributed by atoms with Crippen molar-refractivity contribution >= 4 is 34.2 Å². The summed E-state index contributed by atoms with van der Waals surface area (Å²) < 4.78 is 0.943. The highest BCUT2D eigenvalue weighted by atomic mass is 79.9. The molecule has 0 spiro atoms. The molecule has 1 aliphatic heterocycles. The second kappa shape index (κ2) is 7.88. The van der Waals surface area contributed by atoms with Crippen LogP contribution in [0.25, 0.3) is 0 Å². The second-order valence-corrected chi connectivity index (χ2v) is 5.78. The van der Waals surface area contributed by atoms with Crippen LogP contribution in [0.2, 0.25) is 0 Å². The van der Waals surface area contributed by atoms with Crippen molar-refractivity contribution in [2.75, 3.05) is 19.6 Å². The molecule has 0 saturated carbocycles. The van der Waals surface area contributed by atoms with Gasteiger partial charge in [-0.1, -0.05) is 22.0 Å². The highest BCUT2D eigenvalue weighted by Crippen LogP contribution is 2.16. The smallest absolute Gasteiger partial charge is 0.251 e. The molecule has 0 aliphatic carbocycles. The van der Waals surface area contributed by atoms with Gasteiger partial charge in [-0.2, -0.15) is 0 Å². The van der Waals surface area contributed by atoms with Gasteiger partial charge >= 0.3 is 0 Å². The zero-order valence-corrected chi connectivity index (χ0v) is 13.4. The third-order valence-electron chi connectivity index (χ3n) is 3.44. The fourth-order valence-electron chi connectivity index (χ4n) is 2.28. The summed E-state index contributed by atoms with van der Waals surface area (Å²) in [7, 11) is 0. The van der Waals surface area contributed by atoms with Crippen molar-refractivity contribution in [1.82, 2.24) is 10.6 Å². The lowest BCUT2D eigenvalue weighted by Crippen LogP contribution is -2.27. The standard InChI is InChI=1S/C14H19BrN2O.ClH/c1-10-2-3-12(15)8-13(10)14(18)17-7-5-11-4-6-16-9-11;/h2-3,8,11,16H,4-7,9H2,1H3,(H,17,18);1H. The number of hydrogen-bond donors (Lipinski definition) is 2. The molecule has 1 aromatic rings. The number of halogens is 2. The molecule has 1 heterocycles. The maximum absolute atomic E-state index is 12.0. The van der Waals surface area contributed by atoms with E-state index in [9.17, 15) is 4.79 Å². The molecule has 106 valence electrons. The first kappa shape index (κ1) is 16.5. The molecule has 0 bridgehead atoms. The Bertz CT molecular complexity index is 433. The van der Waals surface area contributed by atoms with Crippen molar-refractivity contribution in [3.8, 4) is 0 Å². The van der Waals surface area contributed by atoms with Gasteiger partial charge in [-0.05, 0) is 56.5 Å². The van der Waals surface area contributed by atoms with E-state index in [0.717, 1.165) is 41.7 Å². The van der Waals surface area contributed by atoms with Crippen LogP contribution in [0.3, 0.4) is 0 Å². The molecule has 2 rings (SSSR count). The van der Waals surface area contributed by atoms with Gasteiger partial charge in [0.25, 0.3) is 5.91 Å². The minimum atomic E-state index is 0. The fourth-order valence-corrected chi connectivity index (χ4v) is 2.65. The molecule has 1 saturated heterocycles. The third-order valence-corrected chi connectivity index (χ3v) is 3.94. The Hall–Kier alpha value is -0.580. The van der Waals surface area contributed by atoms with E-state index in [1.54, 1.807) is 0 Å². The van der Waals surface area contributed by atoms with Crippen LogP contribution in [0.1, 0.15) is 28.8 Å². The summed E-state index contributed by atoms with van der Waals surface area (Å²) in [5.74, 6) is 0.744. The zero-order valence-electron chi connectivity index (χ0n) is 11.0. The van der Waals surface area contributed by atoms with E-state index in [-0.39, 0.29) is 18.3 Å². The number of aryl methyl sites for hydroxylation is 1. The van der Waals surface area contributed by atoms with Gasteiger partial charge in [0.05, 0.1) is 0 Å². The number of hydrogen-bond acceptors (Lipinski definition) is 2. The predicted molar refractivity (Wildman–Crippen MR) is 84.1 cm³/mol. The van der Waals surface area contributed by atoms with Gasteiger partial charge in [-0.15, -0.1) is 12.4 Å². The third kappa shape index (κ3) is 4.79. The molecule has 1 amide bonds. The zero-order chi connectivity index (χ0) is 13.0. The van der Waals surface area contributed by atoms with Gasteiger partial charge in [0, 0.05) is 16.6 Å². The highest BCUT2D eigenvalue weighted by Gasteiger charge is 2.15. The Balaban J connectivity index is 0.00000180. The average molecular weight is 348 g/mol. The normalized spacial score (nSPS) is 17.9. The molecular formula is C14H20BrClN2O. The van der Waals surface area contributed by atoms with Crippen LogP contribution < -0.4 is 10.6 Å². The van der Waals surface area contributed by atoms with E-state index in [2.05, 4.69) is 26.6 Å². The Morgan fingerprint density at radius 2 is 2.32 bits per heavy atom. The quantitative estimate of drug-likeness (QED) is 0.879. The van der Waals surface area contributed by atoms with Crippen LogP contribution >= 0.6 is 28.3 Å². The number of carbonyl (C=O) groups excluding carboxylic acids is 1. The minimum absolute atomic E-state index is 0. The van der Waals surface area contributed by atoms with Crippen molar-refractivity contribution in [3.05, 3.63) is 33.8 Å². The first-order chi connectivity index (χ1) is 8.66. The minimum Gasteiger partial charge on any atom is -0.352 e. The van der Waals surface area contributed by atoms with Crippen LogP contribution in [-0.2, 0) is 0 Å². The van der Waals surface area contributed by atoms with Gasteiger partial charge < -0.3 is 10.6 Å². The average Bonchev–Trinajstić information content (AvgIpc) is 2.85. The molecule has 0 aromatic heterocycles. The molecular weight excluding hydrogens is 328 g/mol. The van der Waals surface area contributed by atoms with E-state index < -0.39 is 0 Å². The number of amides is 1. The summed E-state index contributed by atoms with van der Waals surface area (Å²) in [6.07, 6.45) is 2.29. The first-order valence-electron chi connectivity index (χ1n) is 6.42. The Kier molecular flexibility index (Phi) is 6.83. The van der Waals surface area contributed by atoms with Crippen LogP contribution in [-0.4, -0.2) is 25.5 Å². The first-order valence-corrected chi connectivity index (χ1v) is 7.21. The lowest BCUT2D eigenvalue weighted by Gasteiger charge is -2.11. The van der Waals surface area contributed by atoms with Crippen molar-refractivity contribution in [2.45, 2.75) is 19.8 Å². The molecule has 1 unspecified atom stereocenters. The van der Waals surface area contributed by atoms with Crippen LogP contribution in [0.15, 0.2) is 22.7 Å². The van der Waals surface area contributed by atoms with Crippen LogP contribution in [0.4, 0.5) is 0 Å². The van der Waals surface area contributed by atoms with E-state index >= 15 is 0 Å².